The van der Waals surface area contributed by atoms with E-state index < -0.39 is 9.84 Å². The number of aromatic nitrogens is 3. The van der Waals surface area contributed by atoms with Crippen LogP contribution in [0.2, 0.25) is 0 Å². The normalized spacial score (nSPS) is 18.8. The summed E-state index contributed by atoms with van der Waals surface area (Å²) in [6.45, 7) is 4.01. The first-order valence-corrected chi connectivity index (χ1v) is 11.0. The highest BCUT2D eigenvalue weighted by Gasteiger charge is 2.23. The van der Waals surface area contributed by atoms with Crippen molar-refractivity contribution >= 4 is 42.9 Å². The molecule has 0 bridgehead atoms. The van der Waals surface area contributed by atoms with Crippen molar-refractivity contribution in [2.24, 2.45) is 0 Å². The number of hydrogen-bond acceptors (Lipinski definition) is 8. The molecule has 7 nitrogen and oxygen atoms in total. The average Bonchev–Trinajstić information content (AvgIpc) is 2.92. The Morgan fingerprint density at radius 3 is 2.88 bits per heavy atom. The molecule has 24 heavy (non-hydrogen) atoms. The van der Waals surface area contributed by atoms with Crippen LogP contribution in [-0.4, -0.2) is 55.4 Å². The molecule has 130 valence electrons. The third-order valence-electron chi connectivity index (χ3n) is 3.54. The first kappa shape index (κ1) is 17.7. The predicted octanol–water partition coefficient (Wildman–Crippen LogP) is 2.13. The van der Waals surface area contributed by atoms with Gasteiger partial charge >= 0.3 is 0 Å². The Balaban J connectivity index is 2.05. The molecule has 0 radical (unpaired) electrons. The van der Waals surface area contributed by atoms with Crippen LogP contribution in [0.3, 0.4) is 0 Å². The van der Waals surface area contributed by atoms with Crippen molar-refractivity contribution in [3.63, 3.8) is 0 Å². The Morgan fingerprint density at radius 1 is 1.46 bits per heavy atom. The third-order valence-corrected chi connectivity index (χ3v) is 5.83. The molecule has 1 aliphatic heterocycles. The standard InChI is InChI=1S/C14H17BrN4O3S2/c1-9-7-22-4-3-19(9)12-5-10(8-24(2,20)21)17-13(18-12)11-6-16-14(15)23-11/h5-6,9H,3-4,7-8H2,1-2H3/t9-/m0/s1. The molecular formula is C14H17BrN4O3S2. The van der Waals surface area contributed by atoms with Crippen molar-refractivity contribution in [1.29, 1.82) is 0 Å². The Morgan fingerprint density at radius 2 is 2.25 bits per heavy atom. The second-order valence-corrected chi connectivity index (χ2v) is 10.2. The van der Waals surface area contributed by atoms with Crippen LogP contribution in [0.15, 0.2) is 16.2 Å². The van der Waals surface area contributed by atoms with Crippen molar-refractivity contribution in [3.05, 3.63) is 21.9 Å². The van der Waals surface area contributed by atoms with Gasteiger partial charge in [0.25, 0.3) is 0 Å². The molecule has 0 aromatic carbocycles. The molecule has 2 aromatic heterocycles. The van der Waals surface area contributed by atoms with E-state index in [0.29, 0.717) is 31.3 Å². The van der Waals surface area contributed by atoms with E-state index in [9.17, 15) is 8.42 Å². The van der Waals surface area contributed by atoms with E-state index >= 15 is 0 Å². The summed E-state index contributed by atoms with van der Waals surface area (Å²) in [4.78, 5) is 16.1. The molecule has 0 unspecified atom stereocenters. The number of halogens is 1. The van der Waals surface area contributed by atoms with Gasteiger partial charge in [0.2, 0.25) is 0 Å². The highest BCUT2D eigenvalue weighted by Crippen LogP contribution is 2.29. The van der Waals surface area contributed by atoms with Crippen molar-refractivity contribution in [2.75, 3.05) is 30.9 Å². The van der Waals surface area contributed by atoms with Crippen LogP contribution in [0.25, 0.3) is 10.7 Å². The van der Waals surface area contributed by atoms with Gasteiger partial charge in [-0.25, -0.2) is 23.4 Å². The van der Waals surface area contributed by atoms with Gasteiger partial charge in [-0.3, -0.25) is 0 Å². The fourth-order valence-electron chi connectivity index (χ4n) is 2.51. The molecule has 1 saturated heterocycles. The van der Waals surface area contributed by atoms with E-state index in [-0.39, 0.29) is 11.8 Å². The quantitative estimate of drug-likeness (QED) is 0.730. The SMILES string of the molecule is C[C@H]1COCCN1c1cc(CS(C)(=O)=O)nc(-c2cnc(Br)s2)n1. The van der Waals surface area contributed by atoms with Gasteiger partial charge in [0.1, 0.15) is 5.82 Å². The number of morpholine rings is 1. The molecule has 2 aromatic rings. The van der Waals surface area contributed by atoms with Crippen LogP contribution in [-0.2, 0) is 20.3 Å². The van der Waals surface area contributed by atoms with Gasteiger partial charge in [-0.15, -0.1) is 11.3 Å². The fourth-order valence-corrected chi connectivity index (χ4v) is 4.39. The van der Waals surface area contributed by atoms with Crippen LogP contribution in [0.4, 0.5) is 5.82 Å². The molecule has 1 atom stereocenters. The number of ether oxygens (including phenoxy) is 1. The molecule has 10 heteroatoms. The Hall–Kier alpha value is -1.10. The number of thiazole rings is 1. The van der Waals surface area contributed by atoms with Crippen LogP contribution < -0.4 is 4.90 Å². The summed E-state index contributed by atoms with van der Waals surface area (Å²) in [5, 5.41) is 0. The summed E-state index contributed by atoms with van der Waals surface area (Å²) in [6.07, 6.45) is 2.88. The summed E-state index contributed by atoms with van der Waals surface area (Å²) >= 11 is 4.74. The maximum absolute atomic E-state index is 11.7. The van der Waals surface area contributed by atoms with E-state index in [0.717, 1.165) is 14.6 Å². The van der Waals surface area contributed by atoms with Crippen molar-refractivity contribution in [1.82, 2.24) is 15.0 Å². The largest absolute Gasteiger partial charge is 0.377 e. The average molecular weight is 433 g/mol. The van der Waals surface area contributed by atoms with E-state index in [2.05, 4.69) is 42.7 Å². The zero-order valence-electron chi connectivity index (χ0n) is 13.3. The molecule has 1 aliphatic rings. The van der Waals surface area contributed by atoms with Gasteiger partial charge < -0.3 is 9.64 Å². The van der Waals surface area contributed by atoms with Gasteiger partial charge in [0.15, 0.2) is 19.6 Å². The number of sulfone groups is 1. The van der Waals surface area contributed by atoms with Crippen LogP contribution >= 0.6 is 27.3 Å². The number of hydrogen-bond donors (Lipinski definition) is 0. The minimum Gasteiger partial charge on any atom is -0.377 e. The monoisotopic (exact) mass is 432 g/mol. The van der Waals surface area contributed by atoms with Crippen LogP contribution in [0.5, 0.6) is 0 Å². The highest BCUT2D eigenvalue weighted by atomic mass is 79.9. The van der Waals surface area contributed by atoms with E-state index in [1.807, 2.05) is 0 Å². The van der Waals surface area contributed by atoms with Crippen molar-refractivity contribution < 1.29 is 13.2 Å². The van der Waals surface area contributed by atoms with Crippen LogP contribution in [0.1, 0.15) is 12.6 Å². The van der Waals surface area contributed by atoms with Crippen molar-refractivity contribution in [2.45, 2.75) is 18.7 Å². The Kier molecular flexibility index (Phi) is 5.19. The second-order valence-electron chi connectivity index (χ2n) is 5.71. The van der Waals surface area contributed by atoms with Crippen molar-refractivity contribution in [3.8, 4) is 10.7 Å². The lowest BCUT2D eigenvalue weighted by Crippen LogP contribution is -2.44. The summed E-state index contributed by atoms with van der Waals surface area (Å²) < 4.78 is 29.6. The zero-order valence-corrected chi connectivity index (χ0v) is 16.5. The minimum atomic E-state index is -3.19. The summed E-state index contributed by atoms with van der Waals surface area (Å²) in [6, 6.07) is 1.92. The second kappa shape index (κ2) is 7.03. The lowest BCUT2D eigenvalue weighted by Gasteiger charge is -2.34. The highest BCUT2D eigenvalue weighted by molar-refractivity contribution is 9.11. The molecule has 1 fully saturated rings. The maximum Gasteiger partial charge on any atom is 0.173 e. The smallest absolute Gasteiger partial charge is 0.173 e. The molecule has 0 N–H and O–H groups in total. The topological polar surface area (TPSA) is 85.3 Å². The van der Waals surface area contributed by atoms with Gasteiger partial charge in [-0.1, -0.05) is 0 Å². The fraction of sp³-hybridized carbons (Fsp3) is 0.500. The molecule has 0 aliphatic carbocycles. The first-order valence-electron chi connectivity index (χ1n) is 7.33. The molecule has 0 saturated carbocycles. The molecule has 0 amide bonds. The van der Waals surface area contributed by atoms with Crippen LogP contribution in [0, 0.1) is 0 Å². The van der Waals surface area contributed by atoms with E-state index in [1.165, 1.54) is 17.6 Å². The Bertz CT molecular complexity index is 840. The van der Waals surface area contributed by atoms with E-state index in [4.69, 9.17) is 4.74 Å². The minimum absolute atomic E-state index is 0.117. The lowest BCUT2D eigenvalue weighted by molar-refractivity contribution is 0.0985. The van der Waals surface area contributed by atoms with Gasteiger partial charge in [-0.05, 0) is 22.9 Å². The predicted molar refractivity (Wildman–Crippen MR) is 97.0 cm³/mol. The van der Waals surface area contributed by atoms with Gasteiger partial charge in [0.05, 0.1) is 41.8 Å². The molecule has 3 heterocycles. The molecule has 3 rings (SSSR count). The zero-order chi connectivity index (χ0) is 17.3. The number of anilines is 1. The molecular weight excluding hydrogens is 416 g/mol. The maximum atomic E-state index is 11.7. The lowest BCUT2D eigenvalue weighted by atomic mass is 10.2. The third kappa shape index (κ3) is 4.29. The van der Waals surface area contributed by atoms with E-state index in [1.54, 1.807) is 12.3 Å². The number of nitrogens with zero attached hydrogens (tertiary/aromatic N) is 4. The summed E-state index contributed by atoms with van der Waals surface area (Å²) in [5.41, 5.74) is 0.487. The van der Waals surface area contributed by atoms with Gasteiger partial charge in [0, 0.05) is 18.9 Å². The first-order chi connectivity index (χ1) is 11.3. The van der Waals surface area contributed by atoms with Gasteiger partial charge in [-0.2, -0.15) is 0 Å². The molecule has 0 spiro atoms. The number of rotatable bonds is 4. The summed E-state index contributed by atoms with van der Waals surface area (Å²) in [5.74, 6) is 1.10. The summed E-state index contributed by atoms with van der Waals surface area (Å²) in [7, 11) is -3.19. The Labute approximate surface area is 153 Å².